The molecule has 1 amide bonds. The van der Waals surface area contributed by atoms with E-state index in [9.17, 15) is 4.79 Å². The van der Waals surface area contributed by atoms with Crippen LogP contribution in [0.25, 0.3) is 0 Å². The van der Waals surface area contributed by atoms with Crippen LogP contribution in [0.2, 0.25) is 0 Å². The fraction of sp³-hybridized carbons (Fsp3) is 0.636. The number of carbonyl (C=O) groups excluding carboxylic acids is 1. The Bertz CT molecular complexity index is 326. The van der Waals surface area contributed by atoms with Crippen molar-refractivity contribution in [3.8, 4) is 0 Å². The number of nitrogens with zero attached hydrogens (tertiary/aromatic N) is 1. The van der Waals surface area contributed by atoms with Crippen molar-refractivity contribution in [2.45, 2.75) is 38.5 Å². The molecule has 0 bridgehead atoms. The number of aromatic amines is 1. The van der Waals surface area contributed by atoms with Crippen LogP contribution in [0.1, 0.15) is 37.8 Å². The normalized spacial score (nSPS) is 20.0. The van der Waals surface area contributed by atoms with Crippen LogP contribution < -0.4 is 5.73 Å². The van der Waals surface area contributed by atoms with Gasteiger partial charge in [-0.15, -0.1) is 0 Å². The van der Waals surface area contributed by atoms with Crippen LogP contribution in [0.3, 0.4) is 0 Å². The molecule has 0 unspecified atom stereocenters. The van der Waals surface area contributed by atoms with Gasteiger partial charge < -0.3 is 5.73 Å². The predicted octanol–water partition coefficient (Wildman–Crippen LogP) is 1.39. The molecule has 1 fully saturated rings. The highest BCUT2D eigenvalue weighted by Crippen LogP contribution is 2.38. The van der Waals surface area contributed by atoms with Crippen molar-refractivity contribution < 1.29 is 4.79 Å². The van der Waals surface area contributed by atoms with Crippen LogP contribution in [-0.4, -0.2) is 16.1 Å². The molecule has 0 radical (unpaired) electrons. The van der Waals surface area contributed by atoms with E-state index in [1.807, 2.05) is 6.07 Å². The predicted molar refractivity (Wildman–Crippen MR) is 57.0 cm³/mol. The number of nitrogens with two attached hydrogens (primary N) is 1. The number of rotatable bonds is 3. The summed E-state index contributed by atoms with van der Waals surface area (Å²) in [4.78, 5) is 11.6. The topological polar surface area (TPSA) is 71.8 Å². The van der Waals surface area contributed by atoms with Crippen LogP contribution in [0, 0.1) is 5.41 Å². The second kappa shape index (κ2) is 4.04. The molecule has 1 saturated carbocycles. The van der Waals surface area contributed by atoms with E-state index < -0.39 is 0 Å². The van der Waals surface area contributed by atoms with Gasteiger partial charge in [0.2, 0.25) is 5.91 Å². The Hall–Kier alpha value is -1.32. The van der Waals surface area contributed by atoms with Gasteiger partial charge >= 0.3 is 0 Å². The Labute approximate surface area is 89.2 Å². The Balaban J connectivity index is 2.15. The molecule has 0 aromatic carbocycles. The fourth-order valence-corrected chi connectivity index (χ4v) is 2.49. The van der Waals surface area contributed by atoms with Gasteiger partial charge in [0.15, 0.2) is 0 Å². The first-order chi connectivity index (χ1) is 7.23. The highest BCUT2D eigenvalue weighted by molar-refractivity contribution is 5.81. The number of aromatic nitrogens is 2. The standard InChI is InChI=1S/C11H17N3O/c12-10(15)11(5-2-1-3-6-11)8-9-4-7-13-14-9/h4,7H,1-3,5-6,8H2,(H2,12,15)(H,13,14). The minimum atomic E-state index is -0.329. The lowest BCUT2D eigenvalue weighted by molar-refractivity contribution is -0.129. The summed E-state index contributed by atoms with van der Waals surface area (Å²) in [7, 11) is 0. The number of amides is 1. The maximum Gasteiger partial charge on any atom is 0.224 e. The zero-order chi connectivity index (χ0) is 10.7. The third-order valence-electron chi connectivity index (χ3n) is 3.42. The second-order valence-corrected chi connectivity index (χ2v) is 4.46. The van der Waals surface area contributed by atoms with Gasteiger partial charge in [-0.05, 0) is 18.9 Å². The summed E-state index contributed by atoms with van der Waals surface area (Å²) in [6.07, 6.45) is 7.70. The number of H-pyrrole nitrogens is 1. The molecule has 0 saturated heterocycles. The molecule has 0 atom stereocenters. The first-order valence-electron chi connectivity index (χ1n) is 5.51. The summed E-state index contributed by atoms with van der Waals surface area (Å²) in [6.45, 7) is 0. The monoisotopic (exact) mass is 207 g/mol. The smallest absolute Gasteiger partial charge is 0.224 e. The molecule has 0 spiro atoms. The zero-order valence-electron chi connectivity index (χ0n) is 8.83. The van der Waals surface area contributed by atoms with Gasteiger partial charge in [-0.2, -0.15) is 5.10 Å². The van der Waals surface area contributed by atoms with Crippen LogP contribution in [0.15, 0.2) is 12.3 Å². The van der Waals surface area contributed by atoms with Gasteiger partial charge in [-0.3, -0.25) is 9.89 Å². The summed E-state index contributed by atoms with van der Waals surface area (Å²) in [5, 5.41) is 6.81. The first-order valence-corrected chi connectivity index (χ1v) is 5.51. The number of carbonyl (C=O) groups is 1. The van der Waals surface area contributed by atoms with Gasteiger partial charge in [0, 0.05) is 18.3 Å². The van der Waals surface area contributed by atoms with Gasteiger partial charge in [0.05, 0.1) is 5.41 Å². The molecule has 2 rings (SSSR count). The van der Waals surface area contributed by atoms with Crippen molar-refractivity contribution in [3.05, 3.63) is 18.0 Å². The van der Waals surface area contributed by atoms with Gasteiger partial charge in [0.25, 0.3) is 0 Å². The zero-order valence-corrected chi connectivity index (χ0v) is 8.83. The molecule has 82 valence electrons. The van der Waals surface area contributed by atoms with E-state index in [-0.39, 0.29) is 11.3 Å². The van der Waals surface area contributed by atoms with Crippen LogP contribution in [0.4, 0.5) is 0 Å². The van der Waals surface area contributed by atoms with Gasteiger partial charge in [-0.1, -0.05) is 19.3 Å². The maximum atomic E-state index is 11.6. The quantitative estimate of drug-likeness (QED) is 0.786. The lowest BCUT2D eigenvalue weighted by atomic mass is 9.70. The Morgan fingerprint density at radius 1 is 1.47 bits per heavy atom. The van der Waals surface area contributed by atoms with E-state index in [1.54, 1.807) is 6.20 Å². The van der Waals surface area contributed by atoms with Crippen molar-refractivity contribution in [2.24, 2.45) is 11.1 Å². The molecule has 4 heteroatoms. The van der Waals surface area contributed by atoms with Gasteiger partial charge in [-0.25, -0.2) is 0 Å². The average Bonchev–Trinajstić information content (AvgIpc) is 2.71. The lowest BCUT2D eigenvalue weighted by Gasteiger charge is -2.33. The minimum absolute atomic E-state index is 0.156. The Morgan fingerprint density at radius 2 is 2.20 bits per heavy atom. The van der Waals surface area contributed by atoms with Crippen molar-refractivity contribution in [1.29, 1.82) is 0 Å². The molecular weight excluding hydrogens is 190 g/mol. The van der Waals surface area contributed by atoms with E-state index in [0.717, 1.165) is 31.4 Å². The van der Waals surface area contributed by atoms with Crippen LogP contribution in [0.5, 0.6) is 0 Å². The number of hydrogen-bond donors (Lipinski definition) is 2. The second-order valence-electron chi connectivity index (χ2n) is 4.46. The fourth-order valence-electron chi connectivity index (χ4n) is 2.49. The molecule has 0 aliphatic heterocycles. The molecule has 1 heterocycles. The number of primary amides is 1. The Morgan fingerprint density at radius 3 is 2.73 bits per heavy atom. The minimum Gasteiger partial charge on any atom is -0.369 e. The summed E-state index contributed by atoms with van der Waals surface area (Å²) < 4.78 is 0. The van der Waals surface area contributed by atoms with Crippen molar-refractivity contribution in [3.63, 3.8) is 0 Å². The largest absolute Gasteiger partial charge is 0.369 e. The van der Waals surface area contributed by atoms with E-state index in [4.69, 9.17) is 5.73 Å². The summed E-state index contributed by atoms with van der Waals surface area (Å²) in [5.41, 5.74) is 6.23. The number of nitrogens with one attached hydrogen (secondary N) is 1. The van der Waals surface area contributed by atoms with Crippen molar-refractivity contribution >= 4 is 5.91 Å². The Kier molecular flexibility index (Phi) is 2.75. The van der Waals surface area contributed by atoms with E-state index in [0.29, 0.717) is 6.42 Å². The highest BCUT2D eigenvalue weighted by Gasteiger charge is 2.38. The molecular formula is C11H17N3O. The van der Waals surface area contributed by atoms with Crippen molar-refractivity contribution in [2.75, 3.05) is 0 Å². The summed E-state index contributed by atoms with van der Waals surface area (Å²) in [5.74, 6) is -0.156. The van der Waals surface area contributed by atoms with E-state index in [2.05, 4.69) is 10.2 Å². The average molecular weight is 207 g/mol. The lowest BCUT2D eigenvalue weighted by Crippen LogP contribution is -2.40. The maximum absolute atomic E-state index is 11.6. The highest BCUT2D eigenvalue weighted by atomic mass is 16.1. The molecule has 1 aromatic rings. The molecule has 1 aromatic heterocycles. The summed E-state index contributed by atoms with van der Waals surface area (Å²) >= 11 is 0. The molecule has 15 heavy (non-hydrogen) atoms. The van der Waals surface area contributed by atoms with E-state index >= 15 is 0 Å². The van der Waals surface area contributed by atoms with Crippen LogP contribution >= 0.6 is 0 Å². The molecule has 1 aliphatic carbocycles. The number of hydrogen-bond acceptors (Lipinski definition) is 2. The van der Waals surface area contributed by atoms with Crippen LogP contribution in [-0.2, 0) is 11.2 Å². The molecule has 1 aliphatic rings. The molecule has 3 N–H and O–H groups in total. The third kappa shape index (κ3) is 2.03. The van der Waals surface area contributed by atoms with E-state index in [1.165, 1.54) is 6.42 Å². The SMILES string of the molecule is NC(=O)C1(Cc2ccn[nH]2)CCCCC1. The molecule has 4 nitrogen and oxygen atoms in total. The third-order valence-corrected chi connectivity index (χ3v) is 3.42. The first kappa shape index (κ1) is 10.2. The summed E-state index contributed by atoms with van der Waals surface area (Å²) in [6, 6.07) is 1.92. The van der Waals surface area contributed by atoms with Crippen molar-refractivity contribution in [1.82, 2.24) is 10.2 Å². The van der Waals surface area contributed by atoms with Gasteiger partial charge in [0.1, 0.15) is 0 Å².